The van der Waals surface area contributed by atoms with Crippen molar-refractivity contribution in [3.05, 3.63) is 0 Å². The van der Waals surface area contributed by atoms with Crippen LogP contribution in [0.15, 0.2) is 0 Å². The molecule has 1 saturated heterocycles. The van der Waals surface area contributed by atoms with E-state index in [1.165, 1.54) is 4.90 Å². The molecule has 1 atom stereocenters. The van der Waals surface area contributed by atoms with Crippen LogP contribution in [-0.2, 0) is 4.79 Å². The first-order valence-electron chi connectivity index (χ1n) is 2.85. The maximum absolute atomic E-state index is 10.8. The summed E-state index contributed by atoms with van der Waals surface area (Å²) >= 11 is 3.92. The molecule has 1 fully saturated rings. The van der Waals surface area contributed by atoms with Crippen LogP contribution in [0.25, 0.3) is 0 Å². The van der Waals surface area contributed by atoms with Crippen LogP contribution < -0.4 is 5.32 Å². The van der Waals surface area contributed by atoms with Gasteiger partial charge in [-0.25, -0.2) is 4.79 Å². The molecule has 0 bridgehead atoms. The molecule has 0 spiro atoms. The van der Waals surface area contributed by atoms with E-state index < -0.39 is 6.04 Å². The number of hydrogen-bond donors (Lipinski definition) is 2. The Hall–Kier alpha value is -0.710. The normalized spacial score (nSPS) is 25.4. The van der Waals surface area contributed by atoms with E-state index >= 15 is 0 Å². The summed E-state index contributed by atoms with van der Waals surface area (Å²) < 4.78 is 0. The molecule has 0 saturated carbocycles. The van der Waals surface area contributed by atoms with Crippen LogP contribution in [0.4, 0.5) is 4.79 Å². The highest BCUT2D eigenvalue weighted by Gasteiger charge is 2.33. The molecule has 1 aliphatic heterocycles. The number of nitrogens with one attached hydrogen (secondary N) is 1. The van der Waals surface area contributed by atoms with Crippen molar-refractivity contribution in [1.29, 1.82) is 0 Å². The SMILES string of the molecule is CN1C(=O)NC(=O)C1CS. The lowest BCUT2D eigenvalue weighted by molar-refractivity contribution is -0.120. The summed E-state index contributed by atoms with van der Waals surface area (Å²) in [7, 11) is 1.57. The van der Waals surface area contributed by atoms with E-state index in [0.29, 0.717) is 5.75 Å². The molecule has 56 valence electrons. The van der Waals surface area contributed by atoms with E-state index in [1.807, 2.05) is 0 Å². The number of nitrogens with zero attached hydrogens (tertiary/aromatic N) is 1. The fraction of sp³-hybridized carbons (Fsp3) is 0.600. The van der Waals surface area contributed by atoms with Crippen LogP contribution in [-0.4, -0.2) is 35.7 Å². The van der Waals surface area contributed by atoms with Gasteiger partial charge in [0.1, 0.15) is 6.04 Å². The van der Waals surface area contributed by atoms with Crippen molar-refractivity contribution >= 4 is 24.6 Å². The number of amides is 3. The zero-order chi connectivity index (χ0) is 7.72. The molecule has 0 aliphatic carbocycles. The summed E-state index contributed by atoms with van der Waals surface area (Å²) in [5.41, 5.74) is 0. The minimum absolute atomic E-state index is 0.262. The third-order valence-electron chi connectivity index (χ3n) is 1.49. The smallest absolute Gasteiger partial charge is 0.315 e. The monoisotopic (exact) mass is 160 g/mol. The standard InChI is InChI=1S/C5H8N2O2S/c1-7-3(2-10)4(8)6-5(7)9/h3,10H,2H2,1H3,(H,6,8,9). The Labute approximate surface area is 64.0 Å². The van der Waals surface area contributed by atoms with Crippen LogP contribution >= 0.6 is 12.6 Å². The maximum Gasteiger partial charge on any atom is 0.324 e. The summed E-state index contributed by atoms with van der Waals surface area (Å²) in [5.74, 6) is 0.108. The lowest BCUT2D eigenvalue weighted by atomic mass is 10.3. The second-order valence-corrected chi connectivity index (χ2v) is 2.47. The minimum atomic E-state index is -0.393. The molecule has 5 heteroatoms. The average molecular weight is 160 g/mol. The number of imide groups is 1. The Morgan fingerprint density at radius 3 is 2.50 bits per heavy atom. The predicted molar refractivity (Wildman–Crippen MR) is 38.9 cm³/mol. The second-order valence-electron chi connectivity index (χ2n) is 2.10. The lowest BCUT2D eigenvalue weighted by Gasteiger charge is -2.12. The first-order chi connectivity index (χ1) is 4.66. The quantitative estimate of drug-likeness (QED) is 0.400. The number of thiol groups is 1. The molecular formula is C5H8N2O2S. The molecule has 0 aromatic rings. The van der Waals surface area contributed by atoms with Gasteiger partial charge >= 0.3 is 6.03 Å². The predicted octanol–water partition coefficient (Wildman–Crippen LogP) is -0.534. The minimum Gasteiger partial charge on any atom is -0.315 e. The van der Waals surface area contributed by atoms with Gasteiger partial charge in [0, 0.05) is 12.8 Å². The largest absolute Gasteiger partial charge is 0.324 e. The van der Waals surface area contributed by atoms with Gasteiger partial charge in [-0.3, -0.25) is 10.1 Å². The van der Waals surface area contributed by atoms with Crippen molar-refractivity contribution in [2.24, 2.45) is 0 Å². The van der Waals surface area contributed by atoms with Crippen LogP contribution in [0, 0.1) is 0 Å². The highest BCUT2D eigenvalue weighted by atomic mass is 32.1. The maximum atomic E-state index is 10.8. The van der Waals surface area contributed by atoms with Crippen LogP contribution in [0.1, 0.15) is 0 Å². The number of carbonyl (C=O) groups excluding carboxylic acids is 2. The van der Waals surface area contributed by atoms with Gasteiger partial charge in [0.2, 0.25) is 0 Å². The van der Waals surface area contributed by atoms with E-state index in [0.717, 1.165) is 0 Å². The number of urea groups is 1. The summed E-state index contributed by atoms with van der Waals surface area (Å²) in [6.45, 7) is 0. The van der Waals surface area contributed by atoms with Gasteiger partial charge in [-0.15, -0.1) is 0 Å². The van der Waals surface area contributed by atoms with Crippen molar-refractivity contribution in [1.82, 2.24) is 10.2 Å². The zero-order valence-electron chi connectivity index (χ0n) is 5.50. The van der Waals surface area contributed by atoms with E-state index in [2.05, 4.69) is 17.9 Å². The average Bonchev–Trinajstić information content (AvgIpc) is 2.09. The highest BCUT2D eigenvalue weighted by Crippen LogP contribution is 2.05. The molecule has 1 unspecified atom stereocenters. The molecule has 0 radical (unpaired) electrons. The topological polar surface area (TPSA) is 49.4 Å². The van der Waals surface area contributed by atoms with E-state index in [9.17, 15) is 9.59 Å². The van der Waals surface area contributed by atoms with Crippen molar-refractivity contribution in [2.75, 3.05) is 12.8 Å². The summed E-state index contributed by atoms with van der Waals surface area (Å²) in [6, 6.07) is -0.736. The van der Waals surface area contributed by atoms with Crippen molar-refractivity contribution in [2.45, 2.75) is 6.04 Å². The van der Waals surface area contributed by atoms with Crippen molar-refractivity contribution in [3.8, 4) is 0 Å². The summed E-state index contributed by atoms with van der Waals surface area (Å²) in [6.07, 6.45) is 0. The molecular weight excluding hydrogens is 152 g/mol. The molecule has 1 heterocycles. The molecule has 10 heavy (non-hydrogen) atoms. The number of rotatable bonds is 1. The third kappa shape index (κ3) is 0.965. The summed E-state index contributed by atoms with van der Waals surface area (Å²) in [5, 5.41) is 2.17. The van der Waals surface area contributed by atoms with Gasteiger partial charge in [-0.2, -0.15) is 12.6 Å². The second kappa shape index (κ2) is 2.49. The van der Waals surface area contributed by atoms with Gasteiger partial charge in [0.25, 0.3) is 5.91 Å². The van der Waals surface area contributed by atoms with Gasteiger partial charge in [0.05, 0.1) is 0 Å². The Kier molecular flexibility index (Phi) is 1.85. The van der Waals surface area contributed by atoms with Crippen molar-refractivity contribution in [3.63, 3.8) is 0 Å². The fourth-order valence-corrected chi connectivity index (χ4v) is 1.21. The first kappa shape index (κ1) is 7.40. The van der Waals surface area contributed by atoms with Gasteiger partial charge in [0.15, 0.2) is 0 Å². The molecule has 1 N–H and O–H groups in total. The Bertz CT molecular complexity index is 182. The Balaban J connectivity index is 2.73. The Morgan fingerprint density at radius 1 is 1.70 bits per heavy atom. The first-order valence-corrected chi connectivity index (χ1v) is 3.48. The van der Waals surface area contributed by atoms with Crippen LogP contribution in [0.3, 0.4) is 0 Å². The number of carbonyl (C=O) groups is 2. The van der Waals surface area contributed by atoms with Gasteiger partial charge in [-0.05, 0) is 0 Å². The Morgan fingerprint density at radius 2 is 2.30 bits per heavy atom. The van der Waals surface area contributed by atoms with Crippen LogP contribution in [0.2, 0.25) is 0 Å². The summed E-state index contributed by atoms with van der Waals surface area (Å²) in [4.78, 5) is 22.9. The zero-order valence-corrected chi connectivity index (χ0v) is 6.39. The number of likely N-dealkylation sites (N-methyl/N-ethyl adjacent to an activating group) is 1. The van der Waals surface area contributed by atoms with Crippen LogP contribution in [0.5, 0.6) is 0 Å². The van der Waals surface area contributed by atoms with E-state index in [-0.39, 0.29) is 11.9 Å². The molecule has 0 aromatic heterocycles. The van der Waals surface area contributed by atoms with Gasteiger partial charge in [-0.1, -0.05) is 0 Å². The van der Waals surface area contributed by atoms with Gasteiger partial charge < -0.3 is 4.90 Å². The number of hydrogen-bond acceptors (Lipinski definition) is 3. The molecule has 3 amide bonds. The fourth-order valence-electron chi connectivity index (χ4n) is 0.800. The third-order valence-corrected chi connectivity index (χ3v) is 1.84. The van der Waals surface area contributed by atoms with Crippen molar-refractivity contribution < 1.29 is 9.59 Å². The van der Waals surface area contributed by atoms with E-state index in [1.54, 1.807) is 7.05 Å². The van der Waals surface area contributed by atoms with E-state index in [4.69, 9.17) is 0 Å². The lowest BCUT2D eigenvalue weighted by Crippen LogP contribution is -2.32. The molecule has 0 aromatic carbocycles. The molecule has 1 rings (SSSR count). The molecule has 4 nitrogen and oxygen atoms in total. The molecule has 1 aliphatic rings. The highest BCUT2D eigenvalue weighted by molar-refractivity contribution is 7.80.